The Balaban J connectivity index is 1.64. The zero-order valence-corrected chi connectivity index (χ0v) is 17.9. The first kappa shape index (κ1) is 21.9. The van der Waals surface area contributed by atoms with Gasteiger partial charge in [-0.2, -0.15) is 5.26 Å². The van der Waals surface area contributed by atoms with E-state index >= 15 is 0 Å². The van der Waals surface area contributed by atoms with Crippen LogP contribution >= 0.6 is 34.7 Å². The Labute approximate surface area is 188 Å². The van der Waals surface area contributed by atoms with E-state index in [1.165, 1.54) is 23.1 Å². The number of nitrogens with zero attached hydrogens (tertiary/aromatic N) is 6. The van der Waals surface area contributed by atoms with Crippen molar-refractivity contribution in [2.24, 2.45) is 0 Å². The fraction of sp³-hybridized carbons (Fsp3) is 0.353. The molecule has 0 bridgehead atoms. The lowest BCUT2D eigenvalue weighted by Crippen LogP contribution is -2.55. The van der Waals surface area contributed by atoms with Crippen molar-refractivity contribution in [3.8, 4) is 22.7 Å². The van der Waals surface area contributed by atoms with Crippen molar-refractivity contribution in [1.29, 1.82) is 5.26 Å². The maximum Gasteiger partial charge on any atom is 0.271 e. The minimum atomic E-state index is -1.30. The Kier molecular flexibility index (Phi) is 6.39. The summed E-state index contributed by atoms with van der Waals surface area (Å²) in [4.78, 5) is 8.25. The Morgan fingerprint density at radius 3 is 2.81 bits per heavy atom. The SMILES string of the molecule is N#Cc1ncc(Cl)cc1S[C@H]1O[C@H](CO)[C@H](O)[C@H](n2cc(-c3csc(O)n3)nn2)[C@H]1O. The molecular formula is C17H15ClN6O5S2. The summed E-state index contributed by atoms with van der Waals surface area (Å²) < 4.78 is 6.94. The number of aliphatic hydroxyl groups is 3. The molecule has 0 unspecified atom stereocenters. The van der Waals surface area contributed by atoms with Crippen molar-refractivity contribution in [1.82, 2.24) is 25.0 Å². The van der Waals surface area contributed by atoms with Gasteiger partial charge in [-0.3, -0.25) is 0 Å². The molecule has 14 heteroatoms. The number of nitriles is 1. The van der Waals surface area contributed by atoms with Gasteiger partial charge in [0, 0.05) is 16.5 Å². The average molecular weight is 483 g/mol. The van der Waals surface area contributed by atoms with Crippen LogP contribution in [0, 0.1) is 11.3 Å². The van der Waals surface area contributed by atoms with Crippen LogP contribution < -0.4 is 0 Å². The number of hydrogen-bond acceptors (Lipinski definition) is 12. The monoisotopic (exact) mass is 482 g/mol. The van der Waals surface area contributed by atoms with E-state index in [1.54, 1.807) is 5.38 Å². The molecule has 1 saturated heterocycles. The predicted octanol–water partition coefficient (Wildman–Crippen LogP) is 0.800. The van der Waals surface area contributed by atoms with Gasteiger partial charge in [0.05, 0.1) is 17.8 Å². The number of pyridine rings is 1. The number of aromatic hydroxyl groups is 1. The summed E-state index contributed by atoms with van der Waals surface area (Å²) in [5.41, 5.74) is -0.162. The molecule has 1 fully saturated rings. The third-order valence-electron chi connectivity index (χ3n) is 4.59. The lowest BCUT2D eigenvalue weighted by Gasteiger charge is -2.41. The van der Waals surface area contributed by atoms with E-state index in [-0.39, 0.29) is 10.9 Å². The van der Waals surface area contributed by atoms with E-state index in [2.05, 4.69) is 20.3 Å². The minimum Gasteiger partial charge on any atom is -0.486 e. The van der Waals surface area contributed by atoms with Crippen LogP contribution in [0.5, 0.6) is 5.19 Å². The molecule has 3 aromatic heterocycles. The van der Waals surface area contributed by atoms with Crippen molar-refractivity contribution in [3.63, 3.8) is 0 Å². The van der Waals surface area contributed by atoms with Gasteiger partial charge < -0.3 is 25.2 Å². The van der Waals surface area contributed by atoms with E-state index in [1.807, 2.05) is 6.07 Å². The molecular weight excluding hydrogens is 468 g/mol. The number of rotatable bonds is 5. The molecule has 11 nitrogen and oxygen atoms in total. The summed E-state index contributed by atoms with van der Waals surface area (Å²) >= 11 is 8.00. The lowest BCUT2D eigenvalue weighted by molar-refractivity contribution is -0.178. The molecule has 4 N–H and O–H groups in total. The number of ether oxygens (including phenoxy) is 1. The van der Waals surface area contributed by atoms with Crippen molar-refractivity contribution in [2.45, 2.75) is 34.7 Å². The van der Waals surface area contributed by atoms with Gasteiger partial charge in [0.1, 0.15) is 47.2 Å². The summed E-state index contributed by atoms with van der Waals surface area (Å²) in [6.07, 6.45) is -0.831. The highest BCUT2D eigenvalue weighted by Gasteiger charge is 2.46. The van der Waals surface area contributed by atoms with Crippen LogP contribution in [-0.4, -0.2) is 75.7 Å². The van der Waals surface area contributed by atoms with Crippen LogP contribution in [0.1, 0.15) is 11.7 Å². The predicted molar refractivity (Wildman–Crippen MR) is 109 cm³/mol. The van der Waals surface area contributed by atoms with Gasteiger partial charge in [0.25, 0.3) is 5.19 Å². The van der Waals surface area contributed by atoms with Gasteiger partial charge >= 0.3 is 0 Å². The average Bonchev–Trinajstić information content (AvgIpc) is 3.39. The summed E-state index contributed by atoms with van der Waals surface area (Å²) in [6, 6.07) is 2.45. The van der Waals surface area contributed by atoms with Crippen molar-refractivity contribution >= 4 is 34.7 Å². The highest BCUT2D eigenvalue weighted by Crippen LogP contribution is 2.39. The van der Waals surface area contributed by atoms with Gasteiger partial charge in [-0.1, -0.05) is 39.9 Å². The molecule has 0 radical (unpaired) electrons. The molecule has 0 aromatic carbocycles. The van der Waals surface area contributed by atoms with Crippen molar-refractivity contribution < 1.29 is 25.2 Å². The zero-order chi connectivity index (χ0) is 22.1. The van der Waals surface area contributed by atoms with Gasteiger partial charge in [-0.05, 0) is 6.07 Å². The van der Waals surface area contributed by atoms with E-state index in [0.29, 0.717) is 21.3 Å². The molecule has 0 saturated carbocycles. The quantitative estimate of drug-likeness (QED) is 0.405. The molecule has 162 valence electrons. The molecule has 1 aliphatic heterocycles. The first-order valence-corrected chi connectivity index (χ1v) is 11.0. The van der Waals surface area contributed by atoms with Crippen LogP contribution in [0.4, 0.5) is 0 Å². The smallest absolute Gasteiger partial charge is 0.271 e. The summed E-state index contributed by atoms with van der Waals surface area (Å²) in [5.74, 6) is 0. The van der Waals surface area contributed by atoms with E-state index in [0.717, 1.165) is 23.1 Å². The number of halogens is 1. The number of aliphatic hydroxyl groups excluding tert-OH is 3. The third kappa shape index (κ3) is 4.37. The molecule has 5 atom stereocenters. The highest BCUT2D eigenvalue weighted by atomic mass is 35.5. The van der Waals surface area contributed by atoms with Crippen LogP contribution in [-0.2, 0) is 4.74 Å². The third-order valence-corrected chi connectivity index (χ3v) is 6.62. The molecule has 1 aliphatic rings. The largest absolute Gasteiger partial charge is 0.486 e. The van der Waals surface area contributed by atoms with Crippen molar-refractivity contribution in [3.05, 3.63) is 34.6 Å². The van der Waals surface area contributed by atoms with E-state index < -0.39 is 36.4 Å². The maximum absolute atomic E-state index is 11.0. The molecule has 0 amide bonds. The second-order valence-corrected chi connectivity index (χ2v) is 8.94. The Bertz CT molecular complexity index is 1120. The van der Waals surface area contributed by atoms with E-state index in [4.69, 9.17) is 16.3 Å². The number of aromatic nitrogens is 5. The van der Waals surface area contributed by atoms with Gasteiger partial charge in [0.15, 0.2) is 5.69 Å². The Morgan fingerprint density at radius 1 is 1.32 bits per heavy atom. The molecule has 0 aliphatic carbocycles. The fourth-order valence-electron chi connectivity index (χ4n) is 3.12. The maximum atomic E-state index is 11.0. The fourth-order valence-corrected chi connectivity index (χ4v) is 5.04. The molecule has 0 spiro atoms. The van der Waals surface area contributed by atoms with Gasteiger partial charge in [-0.15, -0.1) is 5.10 Å². The van der Waals surface area contributed by atoms with Crippen LogP contribution in [0.2, 0.25) is 5.02 Å². The standard InChI is InChI=1S/C17H15ClN6O5S2/c18-7-1-12(8(2-19)20-3-7)31-16-15(27)13(14(26)11(5-25)29-16)24-4-9(22-23-24)10-6-30-17(28)21-10/h1,3-4,6,11,13-16,25-27H,5H2,(H,21,28)/t11-,13+,14+,15-,16-/m1/s1. The molecule has 3 aromatic rings. The van der Waals surface area contributed by atoms with Crippen LogP contribution in [0.25, 0.3) is 11.4 Å². The van der Waals surface area contributed by atoms with E-state index in [9.17, 15) is 25.7 Å². The first-order valence-electron chi connectivity index (χ1n) is 8.82. The second kappa shape index (κ2) is 9.05. The topological polar surface area (TPSA) is 170 Å². The normalized spacial score (nSPS) is 26.0. The van der Waals surface area contributed by atoms with Gasteiger partial charge in [-0.25, -0.2) is 14.6 Å². The minimum absolute atomic E-state index is 0.0970. The first-order chi connectivity index (χ1) is 14.9. The molecule has 4 heterocycles. The van der Waals surface area contributed by atoms with Crippen LogP contribution in [0.15, 0.2) is 28.7 Å². The molecule has 4 rings (SSSR count). The second-order valence-electron chi connectivity index (χ2n) is 6.53. The highest BCUT2D eigenvalue weighted by molar-refractivity contribution is 7.99. The zero-order valence-electron chi connectivity index (χ0n) is 15.5. The van der Waals surface area contributed by atoms with Crippen molar-refractivity contribution in [2.75, 3.05) is 6.61 Å². The number of hydrogen-bond donors (Lipinski definition) is 4. The van der Waals surface area contributed by atoms with Gasteiger partial charge in [0.2, 0.25) is 0 Å². The summed E-state index contributed by atoms with van der Waals surface area (Å²) in [5, 5.41) is 59.8. The Morgan fingerprint density at radius 2 is 2.13 bits per heavy atom. The molecule has 31 heavy (non-hydrogen) atoms. The Hall–Kier alpha value is -2.31. The summed E-state index contributed by atoms with van der Waals surface area (Å²) in [6.45, 7) is -0.512. The number of thioether (sulfide) groups is 1. The van der Waals surface area contributed by atoms with Crippen LogP contribution in [0.3, 0.4) is 0 Å². The summed E-state index contributed by atoms with van der Waals surface area (Å²) in [7, 11) is 0. The lowest BCUT2D eigenvalue weighted by atomic mass is 9.97. The number of thiazole rings is 1.